The normalized spacial score (nSPS) is 15.7. The first-order valence-corrected chi connectivity index (χ1v) is 8.30. The van der Waals surface area contributed by atoms with Gasteiger partial charge in [0.25, 0.3) is 0 Å². The molecule has 2 N–H and O–H groups in total. The molecule has 1 aliphatic heterocycles. The highest BCUT2D eigenvalue weighted by Gasteiger charge is 2.29. The summed E-state index contributed by atoms with van der Waals surface area (Å²) < 4.78 is 13.6. The van der Waals surface area contributed by atoms with E-state index in [1.54, 1.807) is 4.68 Å². The maximum atomic E-state index is 11.3. The molecule has 0 spiro atoms. The molecule has 3 aromatic rings. The second-order valence-electron chi connectivity index (χ2n) is 6.09. The minimum atomic E-state index is -0.482. The van der Waals surface area contributed by atoms with E-state index in [0.29, 0.717) is 29.8 Å². The number of hydrogen-bond acceptors (Lipinski definition) is 5. The van der Waals surface area contributed by atoms with Gasteiger partial charge in [0.05, 0.1) is 12.1 Å². The van der Waals surface area contributed by atoms with E-state index in [2.05, 4.69) is 10.1 Å². The fourth-order valence-corrected chi connectivity index (χ4v) is 2.93. The van der Waals surface area contributed by atoms with Gasteiger partial charge in [0, 0.05) is 0 Å². The van der Waals surface area contributed by atoms with Crippen LogP contribution in [0.15, 0.2) is 48.5 Å². The molecule has 0 saturated carbocycles. The highest BCUT2D eigenvalue weighted by molar-refractivity contribution is 5.75. The molecular weight excluding hydrogens is 332 g/mol. The smallest absolute Gasteiger partial charge is 0.225 e. The lowest BCUT2D eigenvalue weighted by Gasteiger charge is -2.26. The van der Waals surface area contributed by atoms with Gasteiger partial charge in [0.2, 0.25) is 5.91 Å². The number of hydrogen-bond donors (Lipinski definition) is 1. The number of nitrogens with two attached hydrogens (primary N) is 1. The Morgan fingerprint density at radius 3 is 2.69 bits per heavy atom. The fourth-order valence-electron chi connectivity index (χ4n) is 2.93. The van der Waals surface area contributed by atoms with E-state index in [9.17, 15) is 4.79 Å². The number of amides is 1. The highest BCUT2D eigenvalue weighted by atomic mass is 16.6. The predicted octanol–water partition coefficient (Wildman–Crippen LogP) is 2.12. The first-order chi connectivity index (χ1) is 12.6. The molecule has 0 radical (unpaired) electrons. The van der Waals surface area contributed by atoms with Gasteiger partial charge in [-0.3, -0.25) is 4.79 Å². The van der Waals surface area contributed by atoms with Gasteiger partial charge in [0.1, 0.15) is 6.61 Å². The number of carbonyl (C=O) groups is 1. The molecule has 0 fully saturated rings. The lowest BCUT2D eigenvalue weighted by atomic mass is 10.2. The van der Waals surface area contributed by atoms with E-state index in [-0.39, 0.29) is 6.42 Å². The molecule has 1 aromatic heterocycles. The number of benzene rings is 2. The summed E-state index contributed by atoms with van der Waals surface area (Å²) in [5, 5.41) is 4.48. The Kier molecular flexibility index (Phi) is 4.04. The van der Waals surface area contributed by atoms with E-state index in [1.165, 1.54) is 0 Å². The highest BCUT2D eigenvalue weighted by Crippen LogP contribution is 2.36. The predicted molar refractivity (Wildman–Crippen MR) is 94.3 cm³/mol. The van der Waals surface area contributed by atoms with Crippen LogP contribution in [0.1, 0.15) is 23.3 Å². The number of fused-ring (bicyclic) bond motifs is 1. The van der Waals surface area contributed by atoms with Crippen LogP contribution in [0.25, 0.3) is 5.69 Å². The zero-order valence-electron chi connectivity index (χ0n) is 14.3. The number of rotatable bonds is 4. The molecule has 7 nitrogen and oxygen atoms in total. The Bertz CT molecular complexity index is 967. The van der Waals surface area contributed by atoms with Crippen LogP contribution in [0.3, 0.4) is 0 Å². The van der Waals surface area contributed by atoms with Gasteiger partial charge in [-0.05, 0) is 30.7 Å². The van der Waals surface area contributed by atoms with Crippen molar-refractivity contribution in [2.75, 3.05) is 6.61 Å². The van der Waals surface area contributed by atoms with Crippen LogP contribution in [-0.4, -0.2) is 27.3 Å². The summed E-state index contributed by atoms with van der Waals surface area (Å²) >= 11 is 0. The van der Waals surface area contributed by atoms with Crippen molar-refractivity contribution in [1.29, 1.82) is 0 Å². The van der Waals surface area contributed by atoms with Gasteiger partial charge < -0.3 is 15.2 Å². The number of primary amides is 1. The van der Waals surface area contributed by atoms with Crippen LogP contribution < -0.4 is 15.2 Å². The molecule has 0 unspecified atom stereocenters. The van der Waals surface area contributed by atoms with Crippen molar-refractivity contribution in [3.63, 3.8) is 0 Å². The summed E-state index contributed by atoms with van der Waals surface area (Å²) in [4.78, 5) is 15.8. The molecular formula is C19H18N4O3. The third kappa shape index (κ3) is 2.99. The van der Waals surface area contributed by atoms with Crippen molar-refractivity contribution in [3.8, 4) is 17.2 Å². The zero-order valence-corrected chi connectivity index (χ0v) is 14.3. The van der Waals surface area contributed by atoms with Crippen LogP contribution in [0, 0.1) is 6.92 Å². The lowest BCUT2D eigenvalue weighted by Crippen LogP contribution is -2.25. The van der Waals surface area contributed by atoms with E-state index in [4.69, 9.17) is 15.2 Å². The first-order valence-electron chi connectivity index (χ1n) is 8.30. The number of carbonyl (C=O) groups excluding carboxylic acids is 1. The summed E-state index contributed by atoms with van der Waals surface area (Å²) in [5.41, 5.74) is 7.21. The van der Waals surface area contributed by atoms with Gasteiger partial charge in [-0.1, -0.05) is 30.3 Å². The van der Waals surface area contributed by atoms with E-state index in [1.807, 2.05) is 55.5 Å². The monoisotopic (exact) mass is 350 g/mol. The molecule has 1 atom stereocenters. The Morgan fingerprint density at radius 2 is 1.92 bits per heavy atom. The molecule has 26 heavy (non-hydrogen) atoms. The molecule has 1 amide bonds. The minimum absolute atomic E-state index is 0.0317. The standard InChI is InChI=1S/C19H18N4O3/c1-12-6-2-3-7-13(12)23-19(21-18(22-23)10-17(20)24)16-11-25-14-8-4-5-9-15(14)26-16/h2-9,16H,10-11H2,1H3,(H2,20,24)/t16-/m0/s1. The maximum absolute atomic E-state index is 11.3. The minimum Gasteiger partial charge on any atom is -0.485 e. The second kappa shape index (κ2) is 6.51. The largest absolute Gasteiger partial charge is 0.485 e. The van der Waals surface area contributed by atoms with Crippen LogP contribution >= 0.6 is 0 Å². The van der Waals surface area contributed by atoms with Crippen LogP contribution in [0.4, 0.5) is 0 Å². The SMILES string of the molecule is Cc1ccccc1-n1nc(CC(N)=O)nc1[C@@H]1COc2ccccc2O1. The lowest BCUT2D eigenvalue weighted by molar-refractivity contribution is -0.117. The van der Waals surface area contributed by atoms with Crippen molar-refractivity contribution in [3.05, 3.63) is 65.7 Å². The van der Waals surface area contributed by atoms with E-state index >= 15 is 0 Å². The Balaban J connectivity index is 1.76. The third-order valence-electron chi connectivity index (χ3n) is 4.15. The molecule has 2 heterocycles. The number of nitrogens with zero attached hydrogens (tertiary/aromatic N) is 3. The van der Waals surface area contributed by atoms with E-state index in [0.717, 1.165) is 11.3 Å². The Labute approximate surface area is 150 Å². The number of para-hydroxylation sites is 3. The van der Waals surface area contributed by atoms with Crippen molar-refractivity contribution < 1.29 is 14.3 Å². The van der Waals surface area contributed by atoms with Crippen molar-refractivity contribution in [2.24, 2.45) is 5.73 Å². The van der Waals surface area contributed by atoms with Crippen molar-refractivity contribution >= 4 is 5.91 Å². The average molecular weight is 350 g/mol. The molecule has 1 aliphatic rings. The number of aromatic nitrogens is 3. The Morgan fingerprint density at radius 1 is 1.19 bits per heavy atom. The Hall–Kier alpha value is -3.35. The quantitative estimate of drug-likeness (QED) is 0.778. The van der Waals surface area contributed by atoms with Crippen LogP contribution in [-0.2, 0) is 11.2 Å². The maximum Gasteiger partial charge on any atom is 0.225 e. The summed E-state index contributed by atoms with van der Waals surface area (Å²) in [6, 6.07) is 15.3. The second-order valence-corrected chi connectivity index (χ2v) is 6.09. The van der Waals surface area contributed by atoms with Gasteiger partial charge >= 0.3 is 0 Å². The van der Waals surface area contributed by atoms with E-state index < -0.39 is 12.0 Å². The molecule has 2 aromatic carbocycles. The van der Waals surface area contributed by atoms with Gasteiger partial charge in [-0.2, -0.15) is 5.10 Å². The molecule has 4 rings (SSSR count). The number of aryl methyl sites for hydroxylation is 1. The topological polar surface area (TPSA) is 92.3 Å². The van der Waals surface area contributed by atoms with Crippen molar-refractivity contribution in [2.45, 2.75) is 19.4 Å². The van der Waals surface area contributed by atoms with Crippen molar-refractivity contribution in [1.82, 2.24) is 14.8 Å². The third-order valence-corrected chi connectivity index (χ3v) is 4.15. The van der Waals surface area contributed by atoms with Gasteiger partial charge in [-0.25, -0.2) is 9.67 Å². The van der Waals surface area contributed by atoms with Gasteiger partial charge in [0.15, 0.2) is 29.3 Å². The summed E-state index contributed by atoms with van der Waals surface area (Å²) in [7, 11) is 0. The van der Waals surface area contributed by atoms with Crippen LogP contribution in [0.5, 0.6) is 11.5 Å². The number of ether oxygens (including phenoxy) is 2. The fraction of sp³-hybridized carbons (Fsp3) is 0.211. The summed E-state index contributed by atoms with van der Waals surface area (Å²) in [6.07, 6.45) is -0.477. The first kappa shape index (κ1) is 16.1. The zero-order chi connectivity index (χ0) is 18.1. The van der Waals surface area contributed by atoms with Crippen LogP contribution in [0.2, 0.25) is 0 Å². The van der Waals surface area contributed by atoms with Gasteiger partial charge in [-0.15, -0.1) is 0 Å². The summed E-state index contributed by atoms with van der Waals surface area (Å²) in [6.45, 7) is 2.29. The molecule has 132 valence electrons. The average Bonchev–Trinajstić information content (AvgIpc) is 3.04. The summed E-state index contributed by atoms with van der Waals surface area (Å²) in [5.74, 6) is 1.80. The molecule has 0 aliphatic carbocycles. The molecule has 0 saturated heterocycles. The molecule has 7 heteroatoms. The molecule has 0 bridgehead atoms.